The van der Waals surface area contributed by atoms with Crippen molar-refractivity contribution in [2.75, 3.05) is 10.6 Å². The molecule has 2 aromatic rings. The van der Waals surface area contributed by atoms with Crippen molar-refractivity contribution in [3.8, 4) is 0 Å². The van der Waals surface area contributed by atoms with Crippen LogP contribution in [0.1, 0.15) is 10.4 Å². The zero-order valence-corrected chi connectivity index (χ0v) is 11.3. The normalized spacial score (nSPS) is 9.82. The van der Waals surface area contributed by atoms with E-state index in [1.807, 2.05) is 0 Å². The van der Waals surface area contributed by atoms with E-state index in [1.165, 1.54) is 42.5 Å². The van der Waals surface area contributed by atoms with Crippen LogP contribution in [0.3, 0.4) is 0 Å². The number of carbonyl (C=O) groups is 2. The van der Waals surface area contributed by atoms with E-state index in [-0.39, 0.29) is 5.69 Å². The first-order valence-electron chi connectivity index (χ1n) is 6.18. The number of hydrogen-bond donors (Lipinski definition) is 3. The fourth-order valence-electron chi connectivity index (χ4n) is 1.75. The number of nitro benzene ring substituents is 1. The summed E-state index contributed by atoms with van der Waals surface area (Å²) in [4.78, 5) is 32.9. The van der Waals surface area contributed by atoms with Crippen molar-refractivity contribution in [1.82, 2.24) is 0 Å². The Morgan fingerprint density at radius 3 is 2.27 bits per heavy atom. The van der Waals surface area contributed by atoms with Gasteiger partial charge in [0.1, 0.15) is 0 Å². The maximum Gasteiger partial charge on any atom is 0.316 e. The van der Waals surface area contributed by atoms with Crippen molar-refractivity contribution in [3.05, 3.63) is 64.2 Å². The Kier molecular flexibility index (Phi) is 4.33. The second kappa shape index (κ2) is 6.35. The summed E-state index contributed by atoms with van der Waals surface area (Å²) in [6, 6.07) is 11.0. The molecule has 0 aliphatic rings. The third-order valence-corrected chi connectivity index (χ3v) is 2.73. The van der Waals surface area contributed by atoms with Crippen molar-refractivity contribution in [1.29, 1.82) is 0 Å². The molecule has 0 atom stereocenters. The zero-order valence-electron chi connectivity index (χ0n) is 11.3. The molecule has 0 aromatic heterocycles. The lowest BCUT2D eigenvalue weighted by atomic mass is 10.2. The van der Waals surface area contributed by atoms with Crippen LogP contribution in [0.2, 0.25) is 0 Å². The van der Waals surface area contributed by atoms with Gasteiger partial charge in [0, 0.05) is 29.1 Å². The van der Waals surface area contributed by atoms with E-state index in [9.17, 15) is 19.7 Å². The lowest BCUT2D eigenvalue weighted by Gasteiger charge is -2.06. The maximum atomic E-state index is 12.0. The highest BCUT2D eigenvalue weighted by molar-refractivity contribution is 6.04. The molecule has 0 heterocycles. The van der Waals surface area contributed by atoms with Crippen LogP contribution in [0.5, 0.6) is 0 Å². The highest BCUT2D eigenvalue weighted by Gasteiger charge is 2.10. The average Bonchev–Trinajstić information content (AvgIpc) is 2.47. The van der Waals surface area contributed by atoms with Crippen LogP contribution < -0.4 is 16.4 Å². The standard InChI is InChI=1S/C14H12N4O4/c15-14(20)17-10-6-4-9(5-7-10)13(19)16-11-2-1-3-12(8-11)18(21)22/h1-8H,(H,16,19)(H3,15,17,20). The number of urea groups is 1. The summed E-state index contributed by atoms with van der Waals surface area (Å²) in [5.41, 5.74) is 5.98. The fourth-order valence-corrected chi connectivity index (χ4v) is 1.75. The van der Waals surface area contributed by atoms with Gasteiger partial charge in [-0.2, -0.15) is 0 Å². The molecule has 0 spiro atoms. The van der Waals surface area contributed by atoms with Gasteiger partial charge < -0.3 is 16.4 Å². The van der Waals surface area contributed by atoms with Gasteiger partial charge in [0.2, 0.25) is 0 Å². The summed E-state index contributed by atoms with van der Waals surface area (Å²) in [5, 5.41) is 15.6. The van der Waals surface area contributed by atoms with Gasteiger partial charge in [-0.15, -0.1) is 0 Å². The minimum atomic E-state index is -0.700. The highest BCUT2D eigenvalue weighted by atomic mass is 16.6. The smallest absolute Gasteiger partial charge is 0.316 e. The van der Waals surface area contributed by atoms with Crippen LogP contribution in [0, 0.1) is 10.1 Å². The predicted octanol–water partition coefficient (Wildman–Crippen LogP) is 2.34. The van der Waals surface area contributed by atoms with E-state index in [4.69, 9.17) is 5.73 Å². The molecule has 4 N–H and O–H groups in total. The second-order valence-corrected chi connectivity index (χ2v) is 4.33. The first-order chi connectivity index (χ1) is 10.5. The molecule has 0 aliphatic heterocycles. The van der Waals surface area contributed by atoms with Gasteiger partial charge in [-0.3, -0.25) is 14.9 Å². The Labute approximate surface area is 125 Å². The molecular weight excluding hydrogens is 288 g/mol. The van der Waals surface area contributed by atoms with Gasteiger partial charge in [-0.1, -0.05) is 6.07 Å². The number of anilines is 2. The molecule has 112 valence electrons. The number of nitrogens with two attached hydrogens (primary N) is 1. The molecule has 22 heavy (non-hydrogen) atoms. The van der Waals surface area contributed by atoms with Crippen LogP contribution in [-0.4, -0.2) is 16.9 Å². The Morgan fingerprint density at radius 1 is 1.00 bits per heavy atom. The minimum Gasteiger partial charge on any atom is -0.351 e. The number of nitro groups is 1. The number of rotatable bonds is 4. The molecule has 0 radical (unpaired) electrons. The molecule has 0 fully saturated rings. The summed E-state index contributed by atoms with van der Waals surface area (Å²) in [6.07, 6.45) is 0. The van der Waals surface area contributed by atoms with Gasteiger partial charge in [0.05, 0.1) is 4.92 Å². The van der Waals surface area contributed by atoms with E-state index in [1.54, 1.807) is 6.07 Å². The van der Waals surface area contributed by atoms with E-state index in [2.05, 4.69) is 10.6 Å². The predicted molar refractivity (Wildman–Crippen MR) is 80.7 cm³/mol. The third-order valence-electron chi connectivity index (χ3n) is 2.73. The molecule has 0 saturated heterocycles. The molecule has 8 heteroatoms. The number of non-ortho nitro benzene ring substituents is 1. The third kappa shape index (κ3) is 3.79. The molecule has 0 unspecified atom stereocenters. The van der Waals surface area contributed by atoms with Crippen molar-refractivity contribution in [3.63, 3.8) is 0 Å². The van der Waals surface area contributed by atoms with Gasteiger partial charge in [0.15, 0.2) is 0 Å². The quantitative estimate of drug-likeness (QED) is 0.591. The van der Waals surface area contributed by atoms with Crippen molar-refractivity contribution in [2.45, 2.75) is 0 Å². The molecular formula is C14H12N4O4. The van der Waals surface area contributed by atoms with Gasteiger partial charge in [-0.05, 0) is 30.3 Å². The van der Waals surface area contributed by atoms with E-state index >= 15 is 0 Å². The van der Waals surface area contributed by atoms with Gasteiger partial charge >= 0.3 is 6.03 Å². The molecule has 2 aromatic carbocycles. The summed E-state index contributed by atoms with van der Waals surface area (Å²) in [7, 11) is 0. The lowest BCUT2D eigenvalue weighted by Crippen LogP contribution is -2.19. The second-order valence-electron chi connectivity index (χ2n) is 4.33. The first kappa shape index (κ1) is 15.0. The summed E-state index contributed by atoms with van der Waals surface area (Å²) in [6.45, 7) is 0. The van der Waals surface area contributed by atoms with Crippen LogP contribution in [0.4, 0.5) is 21.9 Å². The molecule has 8 nitrogen and oxygen atoms in total. The van der Waals surface area contributed by atoms with Crippen LogP contribution >= 0.6 is 0 Å². The Morgan fingerprint density at radius 2 is 1.68 bits per heavy atom. The van der Waals surface area contributed by atoms with Crippen molar-refractivity contribution >= 4 is 29.0 Å². The van der Waals surface area contributed by atoms with E-state index in [0.29, 0.717) is 16.9 Å². The average molecular weight is 300 g/mol. The molecule has 3 amide bonds. The molecule has 2 rings (SSSR count). The number of carbonyl (C=O) groups excluding carboxylic acids is 2. The zero-order chi connectivity index (χ0) is 16.1. The monoisotopic (exact) mass is 300 g/mol. The van der Waals surface area contributed by atoms with Crippen molar-refractivity contribution < 1.29 is 14.5 Å². The topological polar surface area (TPSA) is 127 Å². The lowest BCUT2D eigenvalue weighted by molar-refractivity contribution is -0.384. The Hall–Kier alpha value is -3.42. The summed E-state index contributed by atoms with van der Waals surface area (Å²) < 4.78 is 0. The Bertz CT molecular complexity index is 728. The summed E-state index contributed by atoms with van der Waals surface area (Å²) in [5.74, 6) is -0.425. The number of benzene rings is 2. The SMILES string of the molecule is NC(=O)Nc1ccc(C(=O)Nc2cccc([N+](=O)[O-])c2)cc1. The molecule has 0 saturated carbocycles. The Balaban J connectivity index is 2.10. The largest absolute Gasteiger partial charge is 0.351 e. The number of amides is 3. The minimum absolute atomic E-state index is 0.112. The van der Waals surface area contributed by atoms with Gasteiger partial charge in [0.25, 0.3) is 11.6 Å². The maximum absolute atomic E-state index is 12.0. The first-order valence-corrected chi connectivity index (χ1v) is 6.18. The van der Waals surface area contributed by atoms with Crippen LogP contribution in [-0.2, 0) is 0 Å². The summed E-state index contributed by atoms with van der Waals surface area (Å²) >= 11 is 0. The van der Waals surface area contributed by atoms with Gasteiger partial charge in [-0.25, -0.2) is 4.79 Å². The van der Waals surface area contributed by atoms with E-state index in [0.717, 1.165) is 0 Å². The van der Waals surface area contributed by atoms with E-state index < -0.39 is 16.9 Å². The van der Waals surface area contributed by atoms with Crippen molar-refractivity contribution in [2.24, 2.45) is 5.73 Å². The number of nitrogens with zero attached hydrogens (tertiary/aromatic N) is 1. The highest BCUT2D eigenvalue weighted by Crippen LogP contribution is 2.18. The van der Waals surface area contributed by atoms with Crippen LogP contribution in [0.15, 0.2) is 48.5 Å². The number of primary amides is 1. The fraction of sp³-hybridized carbons (Fsp3) is 0. The molecule has 0 bridgehead atoms. The number of nitrogens with one attached hydrogen (secondary N) is 2. The molecule has 0 aliphatic carbocycles. The van der Waals surface area contributed by atoms with Crippen LogP contribution in [0.25, 0.3) is 0 Å². The number of hydrogen-bond acceptors (Lipinski definition) is 4.